The summed E-state index contributed by atoms with van der Waals surface area (Å²) < 4.78 is 0. The molecule has 2 N–H and O–H groups in total. The summed E-state index contributed by atoms with van der Waals surface area (Å²) in [7, 11) is 0. The van der Waals surface area contributed by atoms with Gasteiger partial charge in [-0.2, -0.15) is 0 Å². The Kier molecular flexibility index (Phi) is 5.11. The first-order chi connectivity index (χ1) is 11.5. The minimum Gasteiger partial charge on any atom is -0.353 e. The summed E-state index contributed by atoms with van der Waals surface area (Å²) in [5.74, 6) is 0.485. The maximum Gasteiger partial charge on any atom is 0.325 e. The summed E-state index contributed by atoms with van der Waals surface area (Å²) in [6, 6.07) is -0.00654. The zero-order chi connectivity index (χ0) is 17.2. The second-order valence-electron chi connectivity index (χ2n) is 7.72. The fourth-order valence-corrected chi connectivity index (χ4v) is 4.40. The van der Waals surface area contributed by atoms with Crippen LogP contribution in [0.1, 0.15) is 71.1 Å². The molecule has 0 radical (unpaired) electrons. The van der Waals surface area contributed by atoms with Crippen molar-refractivity contribution in [1.29, 1.82) is 0 Å². The number of rotatable bonds is 5. The van der Waals surface area contributed by atoms with Gasteiger partial charge in [-0.25, -0.2) is 4.79 Å². The summed E-state index contributed by atoms with van der Waals surface area (Å²) in [5, 5.41) is 6.00. The van der Waals surface area contributed by atoms with Crippen molar-refractivity contribution in [2.75, 3.05) is 6.54 Å². The van der Waals surface area contributed by atoms with E-state index in [-0.39, 0.29) is 23.9 Å². The molecule has 3 fully saturated rings. The first-order valence-electron chi connectivity index (χ1n) is 9.45. The second kappa shape index (κ2) is 7.11. The number of hydrogen-bond donors (Lipinski definition) is 2. The average molecular weight is 335 g/mol. The summed E-state index contributed by atoms with van der Waals surface area (Å²) in [6.45, 7) is 2.53. The number of carbonyl (C=O) groups is 3. The Morgan fingerprint density at radius 3 is 2.62 bits per heavy atom. The lowest BCUT2D eigenvalue weighted by Gasteiger charge is -2.29. The van der Waals surface area contributed by atoms with Gasteiger partial charge in [-0.05, 0) is 38.0 Å². The van der Waals surface area contributed by atoms with Gasteiger partial charge in [0.2, 0.25) is 5.91 Å². The number of hydrogen-bond acceptors (Lipinski definition) is 3. The summed E-state index contributed by atoms with van der Waals surface area (Å²) >= 11 is 0. The van der Waals surface area contributed by atoms with E-state index in [1.807, 2.05) is 0 Å². The Morgan fingerprint density at radius 1 is 1.21 bits per heavy atom. The minimum atomic E-state index is -0.642. The van der Waals surface area contributed by atoms with E-state index in [2.05, 4.69) is 17.6 Å². The van der Waals surface area contributed by atoms with Crippen LogP contribution in [0.25, 0.3) is 0 Å². The molecule has 1 saturated heterocycles. The van der Waals surface area contributed by atoms with Crippen molar-refractivity contribution in [3.63, 3.8) is 0 Å². The van der Waals surface area contributed by atoms with Crippen LogP contribution in [-0.2, 0) is 9.59 Å². The van der Waals surface area contributed by atoms with Gasteiger partial charge < -0.3 is 10.6 Å². The molecule has 2 atom stereocenters. The molecular formula is C18H29N3O3. The molecule has 3 rings (SSSR count). The zero-order valence-corrected chi connectivity index (χ0v) is 14.6. The SMILES string of the molecule is C[C@H]1CCCC[C@H]1NC(=O)CCCN1C(=O)NC2(CCCC2)C1=O. The van der Waals surface area contributed by atoms with Crippen molar-refractivity contribution in [3.05, 3.63) is 0 Å². The molecule has 6 heteroatoms. The van der Waals surface area contributed by atoms with E-state index in [1.165, 1.54) is 24.2 Å². The molecule has 24 heavy (non-hydrogen) atoms. The first-order valence-corrected chi connectivity index (χ1v) is 9.45. The molecule has 0 bridgehead atoms. The van der Waals surface area contributed by atoms with Gasteiger partial charge in [-0.1, -0.05) is 32.6 Å². The summed E-state index contributed by atoms with van der Waals surface area (Å²) in [6.07, 6.45) is 9.03. The van der Waals surface area contributed by atoms with Crippen LogP contribution in [0.5, 0.6) is 0 Å². The number of amides is 4. The highest BCUT2D eigenvalue weighted by Gasteiger charge is 2.52. The van der Waals surface area contributed by atoms with Crippen molar-refractivity contribution in [2.24, 2.45) is 5.92 Å². The first kappa shape index (κ1) is 17.2. The van der Waals surface area contributed by atoms with Crippen molar-refractivity contribution >= 4 is 17.8 Å². The largest absolute Gasteiger partial charge is 0.353 e. The predicted octanol–water partition coefficient (Wildman–Crippen LogP) is 2.33. The number of carbonyl (C=O) groups excluding carboxylic acids is 3. The highest BCUT2D eigenvalue weighted by atomic mass is 16.2. The Bertz CT molecular complexity index is 514. The monoisotopic (exact) mass is 335 g/mol. The lowest BCUT2D eigenvalue weighted by molar-refractivity contribution is -0.131. The molecule has 3 aliphatic rings. The maximum atomic E-state index is 12.5. The van der Waals surface area contributed by atoms with Crippen LogP contribution in [0.15, 0.2) is 0 Å². The molecular weight excluding hydrogens is 306 g/mol. The van der Waals surface area contributed by atoms with E-state index in [9.17, 15) is 14.4 Å². The third-order valence-electron chi connectivity index (χ3n) is 5.95. The van der Waals surface area contributed by atoms with Crippen molar-refractivity contribution in [2.45, 2.75) is 82.7 Å². The maximum absolute atomic E-state index is 12.5. The van der Waals surface area contributed by atoms with E-state index in [0.717, 1.165) is 32.1 Å². The molecule has 0 aromatic rings. The molecule has 1 spiro atoms. The molecule has 4 amide bonds. The Morgan fingerprint density at radius 2 is 1.92 bits per heavy atom. The van der Waals surface area contributed by atoms with Crippen LogP contribution in [0.3, 0.4) is 0 Å². The fourth-order valence-electron chi connectivity index (χ4n) is 4.40. The fraction of sp³-hybridized carbons (Fsp3) is 0.833. The Hall–Kier alpha value is -1.59. The van der Waals surface area contributed by atoms with Crippen LogP contribution >= 0.6 is 0 Å². The second-order valence-corrected chi connectivity index (χ2v) is 7.72. The topological polar surface area (TPSA) is 78.5 Å². The van der Waals surface area contributed by atoms with Crippen molar-refractivity contribution in [1.82, 2.24) is 15.5 Å². The van der Waals surface area contributed by atoms with Gasteiger partial charge in [-0.15, -0.1) is 0 Å². The molecule has 1 heterocycles. The van der Waals surface area contributed by atoms with Crippen LogP contribution in [0.2, 0.25) is 0 Å². The number of nitrogens with zero attached hydrogens (tertiary/aromatic N) is 1. The molecule has 6 nitrogen and oxygen atoms in total. The lowest BCUT2D eigenvalue weighted by atomic mass is 9.86. The predicted molar refractivity (Wildman–Crippen MR) is 90.2 cm³/mol. The van der Waals surface area contributed by atoms with Gasteiger partial charge in [0, 0.05) is 19.0 Å². The molecule has 0 unspecified atom stereocenters. The Labute approximate surface area is 143 Å². The number of urea groups is 1. The molecule has 1 aliphatic heterocycles. The summed E-state index contributed by atoms with van der Waals surface area (Å²) in [4.78, 5) is 38.0. The lowest BCUT2D eigenvalue weighted by Crippen LogP contribution is -2.44. The van der Waals surface area contributed by atoms with E-state index >= 15 is 0 Å². The highest BCUT2D eigenvalue weighted by Crippen LogP contribution is 2.35. The van der Waals surface area contributed by atoms with E-state index < -0.39 is 5.54 Å². The summed E-state index contributed by atoms with van der Waals surface area (Å²) in [5.41, 5.74) is -0.642. The van der Waals surface area contributed by atoms with Gasteiger partial charge in [0.1, 0.15) is 5.54 Å². The third kappa shape index (κ3) is 3.42. The number of imide groups is 1. The van der Waals surface area contributed by atoms with Gasteiger partial charge in [0.15, 0.2) is 0 Å². The molecule has 134 valence electrons. The van der Waals surface area contributed by atoms with Crippen molar-refractivity contribution < 1.29 is 14.4 Å². The van der Waals surface area contributed by atoms with Crippen LogP contribution in [0.4, 0.5) is 4.79 Å². The van der Waals surface area contributed by atoms with Crippen LogP contribution in [-0.4, -0.2) is 40.9 Å². The smallest absolute Gasteiger partial charge is 0.325 e. The zero-order valence-electron chi connectivity index (χ0n) is 14.6. The van der Waals surface area contributed by atoms with E-state index in [0.29, 0.717) is 25.3 Å². The van der Waals surface area contributed by atoms with Crippen LogP contribution in [0, 0.1) is 5.92 Å². The van der Waals surface area contributed by atoms with Crippen LogP contribution < -0.4 is 10.6 Å². The minimum absolute atomic E-state index is 0.0383. The Balaban J connectivity index is 1.43. The third-order valence-corrected chi connectivity index (χ3v) is 5.95. The molecule has 2 aliphatic carbocycles. The normalized spacial score (nSPS) is 29.1. The molecule has 0 aromatic heterocycles. The van der Waals surface area contributed by atoms with Gasteiger partial charge in [0.25, 0.3) is 5.91 Å². The van der Waals surface area contributed by atoms with E-state index in [1.54, 1.807) is 0 Å². The molecule has 0 aromatic carbocycles. The average Bonchev–Trinajstić information content (AvgIpc) is 3.10. The quantitative estimate of drug-likeness (QED) is 0.757. The standard InChI is InChI=1S/C18H29N3O3/c1-13-7-2-3-8-14(13)19-15(22)9-6-12-21-16(23)18(20-17(21)24)10-4-5-11-18/h13-14H,2-12H2,1H3,(H,19,22)(H,20,24)/t13-,14+/m0/s1. The number of nitrogens with one attached hydrogen (secondary N) is 2. The molecule has 2 saturated carbocycles. The van der Waals surface area contributed by atoms with E-state index in [4.69, 9.17) is 0 Å². The van der Waals surface area contributed by atoms with Gasteiger partial charge in [0.05, 0.1) is 0 Å². The van der Waals surface area contributed by atoms with Gasteiger partial charge in [-0.3, -0.25) is 14.5 Å². The highest BCUT2D eigenvalue weighted by molar-refractivity contribution is 6.07. The van der Waals surface area contributed by atoms with Crippen molar-refractivity contribution in [3.8, 4) is 0 Å². The van der Waals surface area contributed by atoms with Gasteiger partial charge >= 0.3 is 6.03 Å².